The standard InChI is InChI=1S/C21H32N2O6S/c1-2-28-18-10-12-19(13-11-18)30(26,27)22-15-14-21(25)29-16-20(24)23-17-8-6-4-3-5-7-9-17/h10-13,17,22H,2-9,14-16H2,1H3,(H,23,24). The van der Waals surface area contributed by atoms with E-state index in [1.165, 1.54) is 31.4 Å². The van der Waals surface area contributed by atoms with Gasteiger partial charge in [0, 0.05) is 12.6 Å². The number of carbonyl (C=O) groups is 2. The molecule has 8 nitrogen and oxygen atoms in total. The fourth-order valence-electron chi connectivity index (χ4n) is 3.34. The Kier molecular flexibility index (Phi) is 10.1. The summed E-state index contributed by atoms with van der Waals surface area (Å²) < 4.78 is 37.1. The van der Waals surface area contributed by atoms with Crippen molar-refractivity contribution in [2.45, 2.75) is 69.2 Å². The van der Waals surface area contributed by atoms with Crippen molar-refractivity contribution in [3.63, 3.8) is 0 Å². The van der Waals surface area contributed by atoms with Gasteiger partial charge in [-0.3, -0.25) is 9.59 Å². The van der Waals surface area contributed by atoms with Gasteiger partial charge in [0.15, 0.2) is 6.61 Å². The minimum atomic E-state index is -3.74. The quantitative estimate of drug-likeness (QED) is 0.541. The number of ether oxygens (including phenoxy) is 2. The van der Waals surface area contributed by atoms with Gasteiger partial charge in [0.25, 0.3) is 5.91 Å². The first-order valence-corrected chi connectivity index (χ1v) is 12.1. The van der Waals surface area contributed by atoms with Crippen molar-refractivity contribution >= 4 is 21.9 Å². The molecule has 1 fully saturated rings. The van der Waals surface area contributed by atoms with Crippen LogP contribution in [0.1, 0.15) is 58.3 Å². The Balaban J connectivity index is 1.67. The fourth-order valence-corrected chi connectivity index (χ4v) is 4.37. The Morgan fingerprint density at radius 1 is 1.03 bits per heavy atom. The number of benzene rings is 1. The van der Waals surface area contributed by atoms with Gasteiger partial charge in [-0.15, -0.1) is 0 Å². The molecule has 0 spiro atoms. The molecular weight excluding hydrogens is 408 g/mol. The smallest absolute Gasteiger partial charge is 0.307 e. The Morgan fingerprint density at radius 2 is 1.67 bits per heavy atom. The maximum absolute atomic E-state index is 12.3. The molecule has 0 bridgehead atoms. The van der Waals surface area contributed by atoms with Crippen LogP contribution in [0.5, 0.6) is 5.75 Å². The van der Waals surface area contributed by atoms with E-state index in [4.69, 9.17) is 9.47 Å². The number of rotatable bonds is 10. The van der Waals surface area contributed by atoms with Crippen molar-refractivity contribution in [1.82, 2.24) is 10.0 Å². The molecule has 1 saturated carbocycles. The van der Waals surface area contributed by atoms with E-state index in [1.54, 1.807) is 12.1 Å². The average molecular weight is 441 g/mol. The summed E-state index contributed by atoms with van der Waals surface area (Å²) in [6.07, 6.45) is 7.56. The Hall–Kier alpha value is -2.13. The summed E-state index contributed by atoms with van der Waals surface area (Å²) in [7, 11) is -3.74. The molecule has 1 aromatic carbocycles. The number of hydrogen-bond donors (Lipinski definition) is 2. The summed E-state index contributed by atoms with van der Waals surface area (Å²) in [6, 6.07) is 6.15. The fraction of sp³-hybridized carbons (Fsp3) is 0.619. The predicted octanol–water partition coefficient (Wildman–Crippen LogP) is 2.53. The lowest BCUT2D eigenvalue weighted by molar-refractivity contribution is -0.148. The zero-order valence-corrected chi connectivity index (χ0v) is 18.3. The first kappa shape index (κ1) is 24.1. The summed E-state index contributed by atoms with van der Waals surface area (Å²) in [5.74, 6) is -0.362. The monoisotopic (exact) mass is 440 g/mol. The molecule has 1 aliphatic rings. The van der Waals surface area contributed by atoms with E-state index in [0.717, 1.165) is 25.7 Å². The van der Waals surface area contributed by atoms with Gasteiger partial charge in [0.05, 0.1) is 17.9 Å². The third kappa shape index (κ3) is 8.71. The maximum Gasteiger partial charge on any atom is 0.307 e. The van der Waals surface area contributed by atoms with Crippen LogP contribution < -0.4 is 14.8 Å². The second-order valence-electron chi connectivity index (χ2n) is 7.32. The normalized spacial score (nSPS) is 15.6. The molecular formula is C21H32N2O6S. The van der Waals surface area contributed by atoms with Gasteiger partial charge in [0.2, 0.25) is 10.0 Å². The minimum absolute atomic E-state index is 0.0814. The highest BCUT2D eigenvalue weighted by atomic mass is 32.2. The van der Waals surface area contributed by atoms with Crippen molar-refractivity contribution in [1.29, 1.82) is 0 Å². The Bertz CT molecular complexity index is 771. The van der Waals surface area contributed by atoms with Crippen molar-refractivity contribution in [3.05, 3.63) is 24.3 Å². The lowest BCUT2D eigenvalue weighted by atomic mass is 9.97. The highest BCUT2D eigenvalue weighted by molar-refractivity contribution is 7.89. The van der Waals surface area contributed by atoms with Crippen LogP contribution in [-0.4, -0.2) is 46.1 Å². The molecule has 0 heterocycles. The topological polar surface area (TPSA) is 111 Å². The van der Waals surface area contributed by atoms with Crippen molar-refractivity contribution in [2.24, 2.45) is 0 Å². The maximum atomic E-state index is 12.3. The van der Waals surface area contributed by atoms with Gasteiger partial charge in [-0.05, 0) is 44.0 Å². The predicted molar refractivity (Wildman–Crippen MR) is 113 cm³/mol. The number of sulfonamides is 1. The molecule has 2 rings (SSSR count). The van der Waals surface area contributed by atoms with Gasteiger partial charge < -0.3 is 14.8 Å². The van der Waals surface area contributed by atoms with E-state index >= 15 is 0 Å². The molecule has 0 atom stereocenters. The minimum Gasteiger partial charge on any atom is -0.494 e. The number of hydrogen-bond acceptors (Lipinski definition) is 6. The third-order valence-electron chi connectivity index (χ3n) is 4.90. The second kappa shape index (κ2) is 12.5. The molecule has 30 heavy (non-hydrogen) atoms. The van der Waals surface area contributed by atoms with E-state index in [9.17, 15) is 18.0 Å². The van der Waals surface area contributed by atoms with Gasteiger partial charge in [-0.2, -0.15) is 0 Å². The zero-order chi connectivity index (χ0) is 21.8. The second-order valence-corrected chi connectivity index (χ2v) is 9.09. The van der Waals surface area contributed by atoms with E-state index in [1.807, 2.05) is 6.92 Å². The molecule has 0 aliphatic heterocycles. The zero-order valence-electron chi connectivity index (χ0n) is 17.5. The average Bonchev–Trinajstić information content (AvgIpc) is 2.69. The lowest BCUT2D eigenvalue weighted by Crippen LogP contribution is -2.38. The van der Waals surface area contributed by atoms with Crippen molar-refractivity contribution in [2.75, 3.05) is 19.8 Å². The first-order valence-electron chi connectivity index (χ1n) is 10.6. The van der Waals surface area contributed by atoms with Crippen LogP contribution in [0.4, 0.5) is 0 Å². The van der Waals surface area contributed by atoms with Gasteiger partial charge >= 0.3 is 5.97 Å². The molecule has 9 heteroatoms. The SMILES string of the molecule is CCOc1ccc(S(=O)(=O)NCCC(=O)OCC(=O)NC2CCCCCCC2)cc1. The van der Waals surface area contributed by atoms with Crippen LogP contribution in [-0.2, 0) is 24.3 Å². The van der Waals surface area contributed by atoms with Crippen molar-refractivity contribution < 1.29 is 27.5 Å². The first-order chi connectivity index (χ1) is 14.4. The van der Waals surface area contributed by atoms with Crippen LogP contribution >= 0.6 is 0 Å². The third-order valence-corrected chi connectivity index (χ3v) is 6.38. The molecule has 0 radical (unpaired) electrons. The van der Waals surface area contributed by atoms with Crippen LogP contribution in [0.2, 0.25) is 0 Å². The van der Waals surface area contributed by atoms with E-state index in [-0.39, 0.29) is 36.4 Å². The highest BCUT2D eigenvalue weighted by Gasteiger charge is 2.17. The molecule has 0 aromatic heterocycles. The molecule has 0 saturated heterocycles. The highest BCUT2D eigenvalue weighted by Crippen LogP contribution is 2.17. The summed E-state index contributed by atoms with van der Waals surface area (Å²) in [4.78, 5) is 23.9. The number of nitrogens with one attached hydrogen (secondary N) is 2. The summed E-state index contributed by atoms with van der Waals surface area (Å²) in [5, 5.41) is 2.92. The van der Waals surface area contributed by atoms with Crippen LogP contribution in [0.15, 0.2) is 29.2 Å². The number of carbonyl (C=O) groups excluding carboxylic acids is 2. The van der Waals surface area contributed by atoms with E-state index in [2.05, 4.69) is 10.0 Å². The van der Waals surface area contributed by atoms with Crippen molar-refractivity contribution in [3.8, 4) is 5.75 Å². The molecule has 168 valence electrons. The molecule has 0 unspecified atom stereocenters. The lowest BCUT2D eigenvalue weighted by Gasteiger charge is -2.20. The van der Waals surface area contributed by atoms with E-state index < -0.39 is 16.0 Å². The van der Waals surface area contributed by atoms with E-state index in [0.29, 0.717) is 12.4 Å². The molecule has 1 amide bonds. The molecule has 1 aliphatic carbocycles. The summed E-state index contributed by atoms with van der Waals surface area (Å²) in [6.45, 7) is 1.87. The summed E-state index contributed by atoms with van der Waals surface area (Å²) in [5.41, 5.74) is 0. The summed E-state index contributed by atoms with van der Waals surface area (Å²) >= 11 is 0. The molecule has 1 aromatic rings. The van der Waals surface area contributed by atoms with Gasteiger partial charge in [-0.1, -0.05) is 32.1 Å². The molecule has 2 N–H and O–H groups in total. The Morgan fingerprint density at radius 3 is 2.30 bits per heavy atom. The van der Waals surface area contributed by atoms with Crippen LogP contribution in [0.25, 0.3) is 0 Å². The number of amides is 1. The Labute approximate surface area is 178 Å². The largest absolute Gasteiger partial charge is 0.494 e. The number of esters is 1. The van der Waals surface area contributed by atoms with Gasteiger partial charge in [0.1, 0.15) is 5.75 Å². The van der Waals surface area contributed by atoms with Crippen LogP contribution in [0, 0.1) is 0 Å². The van der Waals surface area contributed by atoms with Gasteiger partial charge in [-0.25, -0.2) is 13.1 Å². The van der Waals surface area contributed by atoms with Crippen LogP contribution in [0.3, 0.4) is 0 Å².